The number of nitrogens with zero attached hydrogens (tertiary/aromatic N) is 1. The number of anilines is 3. The van der Waals surface area contributed by atoms with Gasteiger partial charge in [-0.2, -0.15) is 0 Å². The van der Waals surface area contributed by atoms with Crippen molar-refractivity contribution in [2.24, 2.45) is 0 Å². The van der Waals surface area contributed by atoms with Crippen molar-refractivity contribution < 1.29 is 9.47 Å². The molecule has 0 unspecified atom stereocenters. The number of hydrogen-bond donors (Lipinski definition) is 0. The molecule has 3 heterocycles. The first-order valence-electron chi connectivity index (χ1n) is 16.9. The maximum atomic E-state index is 6.78. The molecule has 3 aliphatic heterocycles. The Morgan fingerprint density at radius 2 is 1.04 bits per heavy atom. The van der Waals surface area contributed by atoms with Crippen molar-refractivity contribution in [3.8, 4) is 34.1 Å². The minimum absolute atomic E-state index is 0.427. The van der Waals surface area contributed by atoms with Gasteiger partial charge in [-0.3, -0.25) is 0 Å². The van der Waals surface area contributed by atoms with Crippen LogP contribution in [0.5, 0.6) is 23.0 Å². The normalized spacial score (nSPS) is 15.1. The van der Waals surface area contributed by atoms with Gasteiger partial charge >= 0.3 is 295 Å². The van der Waals surface area contributed by atoms with E-state index < -0.39 is 27.2 Å². The first-order valence-corrected chi connectivity index (χ1v) is 22.1. The number of ether oxygens (including phenoxy) is 2. The van der Waals surface area contributed by atoms with Gasteiger partial charge in [-0.1, -0.05) is 0 Å². The Bertz CT molecular complexity index is 2420. The number of aryl methyl sites for hydroxylation is 2. The zero-order chi connectivity index (χ0) is 32.4. The summed E-state index contributed by atoms with van der Waals surface area (Å²) >= 11 is -2.82. The van der Waals surface area contributed by atoms with Gasteiger partial charge in [0.05, 0.1) is 0 Å². The molecule has 3 nitrogen and oxygen atoms in total. The molecule has 0 amide bonds. The second-order valence-corrected chi connectivity index (χ2v) is 21.2. The first kappa shape index (κ1) is 27.7. The molecule has 0 bridgehead atoms. The van der Waals surface area contributed by atoms with Crippen molar-refractivity contribution in [1.82, 2.24) is 0 Å². The molecule has 0 spiro atoms. The molecule has 7 aromatic carbocycles. The predicted octanol–water partition coefficient (Wildman–Crippen LogP) is 9.18. The van der Waals surface area contributed by atoms with Crippen molar-refractivity contribution in [2.45, 2.75) is 19.3 Å². The van der Waals surface area contributed by atoms with Gasteiger partial charge in [0.25, 0.3) is 0 Å². The molecule has 11 rings (SSSR count). The average molecular weight is 826 g/mol. The molecule has 0 N–H and O–H groups in total. The van der Waals surface area contributed by atoms with E-state index in [4.69, 9.17) is 9.47 Å². The van der Waals surface area contributed by atoms with E-state index in [9.17, 15) is 0 Å². The molecule has 0 atom stereocenters. The fourth-order valence-corrected chi connectivity index (χ4v) is 20.5. The van der Waals surface area contributed by atoms with E-state index >= 15 is 0 Å². The molecule has 0 fully saturated rings. The molecule has 1 aliphatic carbocycles. The van der Waals surface area contributed by atoms with Crippen LogP contribution in [0, 0.1) is 13.8 Å². The summed E-state index contributed by atoms with van der Waals surface area (Å²) in [6.45, 7) is 4.37. The Balaban J connectivity index is 1.20. The van der Waals surface area contributed by atoms with Gasteiger partial charge < -0.3 is 0 Å². The Kier molecular flexibility index (Phi) is 5.63. The maximum absolute atomic E-state index is 6.78. The average Bonchev–Trinajstić information content (AvgIpc) is 3.45. The fourth-order valence-electron chi connectivity index (χ4n) is 8.80. The third-order valence-electron chi connectivity index (χ3n) is 10.9. The second kappa shape index (κ2) is 9.94. The quantitative estimate of drug-likeness (QED) is 0.166. The fraction of sp³-hybridized carbons (Fsp3) is 0.0667. The van der Waals surface area contributed by atoms with Crippen LogP contribution in [0.2, 0.25) is 0 Å². The van der Waals surface area contributed by atoms with Gasteiger partial charge in [0, 0.05) is 0 Å². The van der Waals surface area contributed by atoms with Crippen LogP contribution < -0.4 is 24.2 Å². The molecule has 49 heavy (non-hydrogen) atoms. The van der Waals surface area contributed by atoms with Crippen LogP contribution in [0.3, 0.4) is 0 Å². The van der Waals surface area contributed by atoms with Crippen LogP contribution in [0.4, 0.5) is 17.1 Å². The molecule has 0 saturated heterocycles. The van der Waals surface area contributed by atoms with Crippen molar-refractivity contribution in [1.29, 1.82) is 0 Å². The van der Waals surface area contributed by atoms with Gasteiger partial charge in [0.2, 0.25) is 0 Å². The van der Waals surface area contributed by atoms with Crippen LogP contribution in [-0.2, 0) is 5.41 Å². The standard InChI is InChI=1S/C45H30NO2.Bi/c1-30-20-22-35-27-43(30)47-37-16-11-17-38(29-37)48-44-28-36(23-21-31(44)2)46(35)34-24-25-42-40(26-34)39-18-9-10-19-41(39)45(42,32-12-5-3-6-13-32)33-14-7-4-8-15-33;/h3-26H,1-2H3;. The van der Waals surface area contributed by atoms with E-state index in [-0.39, 0.29) is 0 Å². The van der Waals surface area contributed by atoms with Gasteiger partial charge in [-0.05, 0) is 0 Å². The van der Waals surface area contributed by atoms with Crippen molar-refractivity contribution in [3.05, 3.63) is 179 Å². The van der Waals surface area contributed by atoms with Gasteiger partial charge in [-0.15, -0.1) is 0 Å². The molecular weight excluding hydrogens is 795 g/mol. The summed E-state index contributed by atoms with van der Waals surface area (Å²) in [5.41, 5.74) is 13.3. The topological polar surface area (TPSA) is 21.7 Å². The molecular formula is C45H30BiNO2. The zero-order valence-electron chi connectivity index (χ0n) is 27.1. The Labute approximate surface area is 293 Å². The monoisotopic (exact) mass is 825 g/mol. The first-order chi connectivity index (χ1) is 24.1. The van der Waals surface area contributed by atoms with Gasteiger partial charge in [0.1, 0.15) is 0 Å². The summed E-state index contributed by atoms with van der Waals surface area (Å²) < 4.78 is 17.7. The van der Waals surface area contributed by atoms with Gasteiger partial charge in [0.15, 0.2) is 0 Å². The molecule has 0 saturated carbocycles. The van der Waals surface area contributed by atoms with Crippen LogP contribution in [0.25, 0.3) is 11.1 Å². The van der Waals surface area contributed by atoms with Crippen LogP contribution in [0.15, 0.2) is 146 Å². The number of fused-ring (bicyclic) bond motifs is 3. The van der Waals surface area contributed by atoms with Crippen LogP contribution in [0.1, 0.15) is 33.4 Å². The molecule has 4 aliphatic rings. The van der Waals surface area contributed by atoms with E-state index in [0.717, 1.165) is 28.7 Å². The Morgan fingerprint density at radius 3 is 1.65 bits per heavy atom. The zero-order valence-corrected chi connectivity index (χ0v) is 30.5. The predicted molar refractivity (Wildman–Crippen MR) is 199 cm³/mol. The number of hydrogen-bond acceptors (Lipinski definition) is 3. The summed E-state index contributed by atoms with van der Waals surface area (Å²) in [6.07, 6.45) is 0. The van der Waals surface area contributed by atoms with Crippen molar-refractivity contribution in [2.75, 3.05) is 4.90 Å². The van der Waals surface area contributed by atoms with Crippen LogP contribution in [-0.4, -0.2) is 21.8 Å². The summed E-state index contributed by atoms with van der Waals surface area (Å²) in [6, 6.07) is 53.6. The molecule has 232 valence electrons. The second-order valence-electron chi connectivity index (χ2n) is 13.4. The summed E-state index contributed by atoms with van der Waals surface area (Å²) in [4.78, 5) is 2.49. The summed E-state index contributed by atoms with van der Waals surface area (Å²) in [7, 11) is 0. The molecule has 4 heteroatoms. The van der Waals surface area contributed by atoms with Crippen molar-refractivity contribution in [3.63, 3.8) is 0 Å². The molecule has 7 aromatic rings. The van der Waals surface area contributed by atoms with E-state index in [1.54, 1.807) is 0 Å². The van der Waals surface area contributed by atoms with Crippen LogP contribution >= 0.6 is 0 Å². The van der Waals surface area contributed by atoms with Gasteiger partial charge in [-0.25, -0.2) is 0 Å². The summed E-state index contributed by atoms with van der Waals surface area (Å²) in [5.74, 6) is 4.04. The molecule has 0 aromatic heterocycles. The third-order valence-corrected chi connectivity index (χ3v) is 21.1. The SMILES string of the molecule is Cc1ccc2[c]3c1Oc1cccc4[c]1[Bi]3[c]1c(ccc(C)c1O4)N2c1ccc2c(c1)-c1ccccc1C2(c1ccccc1)c1ccccc1. The summed E-state index contributed by atoms with van der Waals surface area (Å²) in [5, 5.41) is 0. The van der Waals surface area contributed by atoms with E-state index in [1.165, 1.54) is 65.7 Å². The Morgan fingerprint density at radius 1 is 0.490 bits per heavy atom. The Hall–Kier alpha value is -5.18. The third kappa shape index (κ3) is 3.50. The van der Waals surface area contributed by atoms with E-state index in [2.05, 4.69) is 164 Å². The molecule has 0 radical (unpaired) electrons. The van der Waals surface area contributed by atoms with E-state index in [1.807, 2.05) is 0 Å². The van der Waals surface area contributed by atoms with Crippen molar-refractivity contribution >= 4 is 48.6 Å². The number of benzene rings is 7. The minimum atomic E-state index is -2.82. The number of rotatable bonds is 3. The van der Waals surface area contributed by atoms with E-state index in [0.29, 0.717) is 0 Å².